The van der Waals surface area contributed by atoms with Crippen LogP contribution in [-0.4, -0.2) is 28.6 Å². The van der Waals surface area contributed by atoms with Crippen LogP contribution in [0.1, 0.15) is 15.9 Å². The number of hydrogen-bond acceptors (Lipinski definition) is 5. The lowest BCUT2D eigenvalue weighted by molar-refractivity contribution is -0.115. The number of carbonyl (C=O) groups excluding carboxylic acids is 2. The number of amides is 2. The summed E-state index contributed by atoms with van der Waals surface area (Å²) in [6.45, 7) is 1.81. The van der Waals surface area contributed by atoms with E-state index < -0.39 is 0 Å². The second-order valence-corrected chi connectivity index (χ2v) is 7.48. The third kappa shape index (κ3) is 5.01. The van der Waals surface area contributed by atoms with Gasteiger partial charge in [0.2, 0.25) is 17.7 Å². The summed E-state index contributed by atoms with van der Waals surface area (Å²) in [4.78, 5) is 24.4. The predicted molar refractivity (Wildman–Crippen MR) is 122 cm³/mol. The second kappa shape index (κ2) is 9.45. The van der Waals surface area contributed by atoms with Crippen molar-refractivity contribution in [2.24, 2.45) is 0 Å². The zero-order valence-electron chi connectivity index (χ0n) is 17.1. The highest BCUT2D eigenvalue weighted by atomic mass is 35.5. The Balaban J connectivity index is 1.36. The highest BCUT2D eigenvalue weighted by Crippen LogP contribution is 2.26. The lowest BCUT2D eigenvalue weighted by Gasteiger charge is -2.07. The van der Waals surface area contributed by atoms with Gasteiger partial charge < -0.3 is 15.1 Å². The summed E-state index contributed by atoms with van der Waals surface area (Å²) in [6.07, 6.45) is 0. The molecule has 2 amide bonds. The second-order valence-electron chi connectivity index (χ2n) is 7.04. The van der Waals surface area contributed by atoms with Gasteiger partial charge in [-0.25, -0.2) is 0 Å². The summed E-state index contributed by atoms with van der Waals surface area (Å²) in [5.41, 5.74) is 3.61. The minimum Gasteiger partial charge on any atom is -0.416 e. The summed E-state index contributed by atoms with van der Waals surface area (Å²) < 4.78 is 5.80. The average Bonchev–Trinajstić information content (AvgIpc) is 3.29. The summed E-state index contributed by atoms with van der Waals surface area (Å²) in [7, 11) is 0. The normalized spacial score (nSPS) is 10.6. The van der Waals surface area contributed by atoms with E-state index in [-0.39, 0.29) is 18.4 Å². The Kier molecular flexibility index (Phi) is 6.28. The molecule has 32 heavy (non-hydrogen) atoms. The topological polar surface area (TPSA) is 97.1 Å². The third-order valence-corrected chi connectivity index (χ3v) is 4.98. The number of rotatable bonds is 6. The van der Waals surface area contributed by atoms with Crippen molar-refractivity contribution < 1.29 is 14.0 Å². The van der Waals surface area contributed by atoms with Gasteiger partial charge in [-0.1, -0.05) is 29.8 Å². The Hall–Kier alpha value is -3.97. The van der Waals surface area contributed by atoms with Crippen LogP contribution in [0.2, 0.25) is 5.02 Å². The van der Waals surface area contributed by atoms with E-state index in [9.17, 15) is 9.59 Å². The zero-order chi connectivity index (χ0) is 22.5. The molecule has 0 aliphatic heterocycles. The molecule has 8 heteroatoms. The first-order chi connectivity index (χ1) is 15.5. The molecule has 4 aromatic rings. The maximum Gasteiger partial charge on any atom is 0.251 e. The molecule has 160 valence electrons. The van der Waals surface area contributed by atoms with Gasteiger partial charge in [0.15, 0.2) is 0 Å². The molecule has 0 aliphatic carbocycles. The standard InChI is InChI=1S/C24H19ClN4O3/c1-15-4-2-3-5-20(15)24-29-28-23(32-24)17-8-6-16(7-9-17)22(31)26-14-21(30)27-19-12-10-18(25)11-13-19/h2-13H,14H2,1H3,(H,26,31)(H,27,30). The van der Waals surface area contributed by atoms with Gasteiger partial charge in [-0.2, -0.15) is 0 Å². The molecule has 0 unspecified atom stereocenters. The molecule has 0 bridgehead atoms. The van der Waals surface area contributed by atoms with Crippen molar-refractivity contribution in [3.05, 3.63) is 88.9 Å². The lowest BCUT2D eigenvalue weighted by Crippen LogP contribution is -2.32. The largest absolute Gasteiger partial charge is 0.416 e. The molecular formula is C24H19ClN4O3. The first-order valence-electron chi connectivity index (χ1n) is 9.83. The third-order valence-electron chi connectivity index (χ3n) is 4.73. The summed E-state index contributed by atoms with van der Waals surface area (Å²) in [5, 5.41) is 14.1. The van der Waals surface area contributed by atoms with Crippen molar-refractivity contribution in [3.8, 4) is 22.9 Å². The quantitative estimate of drug-likeness (QED) is 0.446. The maximum atomic E-state index is 12.4. The molecular weight excluding hydrogens is 428 g/mol. The van der Waals surface area contributed by atoms with Crippen LogP contribution in [0.15, 0.2) is 77.2 Å². The van der Waals surface area contributed by atoms with Gasteiger partial charge in [-0.05, 0) is 67.1 Å². The van der Waals surface area contributed by atoms with Gasteiger partial charge >= 0.3 is 0 Å². The number of carbonyl (C=O) groups is 2. The SMILES string of the molecule is Cc1ccccc1-c1nnc(-c2ccc(C(=O)NCC(=O)Nc3ccc(Cl)cc3)cc2)o1. The molecule has 0 atom stereocenters. The summed E-state index contributed by atoms with van der Waals surface area (Å²) in [6, 6.07) is 21.2. The van der Waals surface area contributed by atoms with Crippen molar-refractivity contribution in [1.82, 2.24) is 15.5 Å². The van der Waals surface area contributed by atoms with Gasteiger partial charge in [-0.15, -0.1) is 10.2 Å². The van der Waals surface area contributed by atoms with Gasteiger partial charge in [0, 0.05) is 27.4 Å². The van der Waals surface area contributed by atoms with Gasteiger partial charge in [-0.3, -0.25) is 9.59 Å². The van der Waals surface area contributed by atoms with E-state index in [0.29, 0.717) is 33.6 Å². The number of aromatic nitrogens is 2. The molecule has 7 nitrogen and oxygen atoms in total. The number of aryl methyl sites for hydroxylation is 1. The minimum absolute atomic E-state index is 0.160. The molecule has 0 saturated carbocycles. The van der Waals surface area contributed by atoms with E-state index in [0.717, 1.165) is 11.1 Å². The van der Waals surface area contributed by atoms with E-state index >= 15 is 0 Å². The van der Waals surface area contributed by atoms with Gasteiger partial charge in [0.05, 0.1) is 6.54 Å². The molecule has 0 aliphatic rings. The highest BCUT2D eigenvalue weighted by Gasteiger charge is 2.13. The highest BCUT2D eigenvalue weighted by molar-refractivity contribution is 6.30. The first kappa shape index (κ1) is 21.3. The number of hydrogen-bond donors (Lipinski definition) is 2. The molecule has 0 saturated heterocycles. The zero-order valence-corrected chi connectivity index (χ0v) is 17.9. The van der Waals surface area contributed by atoms with Crippen LogP contribution in [-0.2, 0) is 4.79 Å². The molecule has 0 fully saturated rings. The number of anilines is 1. The number of benzene rings is 3. The van der Waals surface area contributed by atoms with Crippen LogP contribution in [0.25, 0.3) is 22.9 Å². The Morgan fingerprint density at radius 2 is 1.59 bits per heavy atom. The molecule has 4 rings (SSSR count). The van der Waals surface area contributed by atoms with Crippen LogP contribution < -0.4 is 10.6 Å². The van der Waals surface area contributed by atoms with Crippen LogP contribution in [0, 0.1) is 6.92 Å². The molecule has 1 heterocycles. The molecule has 2 N–H and O–H groups in total. The van der Waals surface area contributed by atoms with Gasteiger partial charge in [0.1, 0.15) is 0 Å². The number of halogens is 1. The maximum absolute atomic E-state index is 12.4. The monoisotopic (exact) mass is 446 g/mol. The Labute approximate surface area is 189 Å². The number of nitrogens with one attached hydrogen (secondary N) is 2. The fourth-order valence-corrected chi connectivity index (χ4v) is 3.15. The van der Waals surface area contributed by atoms with Crippen molar-refractivity contribution >= 4 is 29.1 Å². The van der Waals surface area contributed by atoms with Gasteiger partial charge in [0.25, 0.3) is 5.91 Å². The Morgan fingerprint density at radius 1 is 0.906 bits per heavy atom. The Bertz CT molecular complexity index is 1250. The minimum atomic E-state index is -0.367. The predicted octanol–water partition coefficient (Wildman–Crippen LogP) is 4.73. The van der Waals surface area contributed by atoms with Crippen molar-refractivity contribution in [3.63, 3.8) is 0 Å². The molecule has 0 spiro atoms. The molecule has 0 radical (unpaired) electrons. The van der Waals surface area contributed by atoms with Crippen LogP contribution in [0.4, 0.5) is 5.69 Å². The molecule has 3 aromatic carbocycles. The summed E-state index contributed by atoms with van der Waals surface area (Å²) >= 11 is 5.82. The van der Waals surface area contributed by atoms with Crippen molar-refractivity contribution in [2.75, 3.05) is 11.9 Å². The summed E-state index contributed by atoms with van der Waals surface area (Å²) in [5.74, 6) is 0.0880. The Morgan fingerprint density at radius 3 is 2.31 bits per heavy atom. The van der Waals surface area contributed by atoms with E-state index in [2.05, 4.69) is 20.8 Å². The van der Waals surface area contributed by atoms with Crippen molar-refractivity contribution in [2.45, 2.75) is 6.92 Å². The van der Waals surface area contributed by atoms with Crippen LogP contribution >= 0.6 is 11.6 Å². The van der Waals surface area contributed by atoms with E-state index in [1.807, 2.05) is 31.2 Å². The smallest absolute Gasteiger partial charge is 0.251 e. The molecule has 1 aromatic heterocycles. The lowest BCUT2D eigenvalue weighted by atomic mass is 10.1. The fraction of sp³-hybridized carbons (Fsp3) is 0.0833. The van der Waals surface area contributed by atoms with Crippen LogP contribution in [0.5, 0.6) is 0 Å². The van der Waals surface area contributed by atoms with E-state index in [1.165, 1.54) is 0 Å². The average molecular weight is 447 g/mol. The fourth-order valence-electron chi connectivity index (χ4n) is 3.03. The van der Waals surface area contributed by atoms with Crippen LogP contribution in [0.3, 0.4) is 0 Å². The van der Waals surface area contributed by atoms with E-state index in [4.69, 9.17) is 16.0 Å². The first-order valence-corrected chi connectivity index (χ1v) is 10.2. The van der Waals surface area contributed by atoms with Crippen molar-refractivity contribution in [1.29, 1.82) is 0 Å². The van der Waals surface area contributed by atoms with E-state index in [1.54, 1.807) is 48.5 Å². The number of nitrogens with zero attached hydrogens (tertiary/aromatic N) is 2.